The molecule has 1 rings (SSSR count). The van der Waals surface area contributed by atoms with Crippen molar-refractivity contribution >= 4 is 11.7 Å². The van der Waals surface area contributed by atoms with Gasteiger partial charge in [-0.05, 0) is 25.5 Å². The van der Waals surface area contributed by atoms with Crippen molar-refractivity contribution in [3.8, 4) is 11.5 Å². The van der Waals surface area contributed by atoms with Gasteiger partial charge in [-0.3, -0.25) is 9.59 Å². The summed E-state index contributed by atoms with van der Waals surface area (Å²) in [6.45, 7) is 4.03. The molecule has 110 valence electrons. The third kappa shape index (κ3) is 4.91. The van der Waals surface area contributed by atoms with Crippen LogP contribution in [0.5, 0.6) is 11.5 Å². The summed E-state index contributed by atoms with van der Waals surface area (Å²) in [5, 5.41) is 2.75. The Morgan fingerprint density at radius 2 is 2.05 bits per heavy atom. The molecule has 0 atom stereocenters. The zero-order chi connectivity index (χ0) is 15.0. The van der Waals surface area contributed by atoms with E-state index in [1.165, 1.54) is 14.0 Å². The highest BCUT2D eigenvalue weighted by Crippen LogP contribution is 2.25. The number of amides is 1. The molecule has 0 aliphatic heterocycles. The molecule has 0 aliphatic rings. The number of nitrogens with one attached hydrogen (secondary N) is 1. The number of Topliss-reactive ketones (excluding diaryl/α,β-unsaturated/α-hetero) is 1. The molecule has 0 saturated carbocycles. The molecule has 5 heteroatoms. The zero-order valence-corrected chi connectivity index (χ0v) is 12.2. The average molecular weight is 279 g/mol. The van der Waals surface area contributed by atoms with Crippen LogP contribution in [-0.4, -0.2) is 32.0 Å². The number of methoxy groups -OCH3 is 1. The Kier molecular flexibility index (Phi) is 6.56. The number of hydrogen-bond acceptors (Lipinski definition) is 4. The Balaban J connectivity index is 2.65. The van der Waals surface area contributed by atoms with Crippen molar-refractivity contribution < 1.29 is 19.1 Å². The minimum Gasteiger partial charge on any atom is -0.497 e. The molecule has 0 radical (unpaired) electrons. The fourth-order valence-electron chi connectivity index (χ4n) is 1.64. The van der Waals surface area contributed by atoms with Gasteiger partial charge >= 0.3 is 0 Å². The molecule has 1 amide bonds. The molecule has 1 aromatic carbocycles. The number of carbonyl (C=O) groups is 2. The van der Waals surface area contributed by atoms with Gasteiger partial charge in [-0.15, -0.1) is 0 Å². The summed E-state index contributed by atoms with van der Waals surface area (Å²) in [4.78, 5) is 23.1. The van der Waals surface area contributed by atoms with Gasteiger partial charge in [0.1, 0.15) is 11.5 Å². The van der Waals surface area contributed by atoms with Crippen LogP contribution in [-0.2, 0) is 4.79 Å². The van der Waals surface area contributed by atoms with E-state index >= 15 is 0 Å². The Morgan fingerprint density at radius 3 is 2.65 bits per heavy atom. The molecule has 0 saturated heterocycles. The van der Waals surface area contributed by atoms with Crippen LogP contribution in [0.2, 0.25) is 0 Å². The lowest BCUT2D eigenvalue weighted by atomic mass is 10.1. The number of unbranched alkanes of at least 4 members (excludes halogenated alkanes) is 1. The molecule has 0 fully saturated rings. The van der Waals surface area contributed by atoms with Crippen molar-refractivity contribution in [3.05, 3.63) is 23.8 Å². The average Bonchev–Trinajstić information content (AvgIpc) is 2.44. The molecule has 1 N–H and O–H groups in total. The van der Waals surface area contributed by atoms with Crippen molar-refractivity contribution in [2.24, 2.45) is 0 Å². The quantitative estimate of drug-likeness (QED) is 0.585. The third-order valence-corrected chi connectivity index (χ3v) is 2.78. The lowest BCUT2D eigenvalue weighted by Gasteiger charge is -2.11. The van der Waals surface area contributed by atoms with E-state index in [4.69, 9.17) is 9.47 Å². The predicted octanol–water partition coefficient (Wildman–Crippen LogP) is 2.19. The second kappa shape index (κ2) is 8.19. The lowest BCUT2D eigenvalue weighted by Crippen LogP contribution is -2.29. The molecular weight excluding hydrogens is 258 g/mol. The molecule has 0 aromatic heterocycles. The number of benzene rings is 1. The topological polar surface area (TPSA) is 64.6 Å². The third-order valence-electron chi connectivity index (χ3n) is 2.78. The van der Waals surface area contributed by atoms with Gasteiger partial charge in [0, 0.05) is 12.6 Å². The van der Waals surface area contributed by atoms with E-state index in [1.54, 1.807) is 18.2 Å². The first kappa shape index (κ1) is 16.0. The van der Waals surface area contributed by atoms with E-state index in [2.05, 4.69) is 12.2 Å². The van der Waals surface area contributed by atoms with Gasteiger partial charge in [-0.25, -0.2) is 0 Å². The molecule has 0 heterocycles. The van der Waals surface area contributed by atoms with Gasteiger partial charge in [-0.1, -0.05) is 13.3 Å². The van der Waals surface area contributed by atoms with Crippen LogP contribution in [0.1, 0.15) is 37.0 Å². The Bertz CT molecular complexity index is 471. The van der Waals surface area contributed by atoms with Gasteiger partial charge in [0.15, 0.2) is 12.4 Å². The highest BCUT2D eigenvalue weighted by molar-refractivity contribution is 5.97. The van der Waals surface area contributed by atoms with Crippen LogP contribution in [0.15, 0.2) is 18.2 Å². The highest BCUT2D eigenvalue weighted by Gasteiger charge is 2.11. The van der Waals surface area contributed by atoms with Gasteiger partial charge < -0.3 is 14.8 Å². The molecule has 1 aromatic rings. The van der Waals surface area contributed by atoms with E-state index in [-0.39, 0.29) is 18.3 Å². The van der Waals surface area contributed by atoms with Crippen molar-refractivity contribution in [1.29, 1.82) is 0 Å². The number of hydrogen-bond donors (Lipinski definition) is 1. The maximum absolute atomic E-state index is 11.6. The fraction of sp³-hybridized carbons (Fsp3) is 0.467. The first-order chi connectivity index (χ1) is 9.58. The summed E-state index contributed by atoms with van der Waals surface area (Å²) >= 11 is 0. The molecule has 5 nitrogen and oxygen atoms in total. The minimum atomic E-state index is -0.198. The van der Waals surface area contributed by atoms with Crippen molar-refractivity contribution in [2.45, 2.75) is 26.7 Å². The Labute approximate surface area is 119 Å². The lowest BCUT2D eigenvalue weighted by molar-refractivity contribution is -0.123. The predicted molar refractivity (Wildman–Crippen MR) is 76.4 cm³/mol. The van der Waals surface area contributed by atoms with Crippen LogP contribution in [0.4, 0.5) is 0 Å². The van der Waals surface area contributed by atoms with Crippen LogP contribution in [0, 0.1) is 0 Å². The largest absolute Gasteiger partial charge is 0.497 e. The molecular formula is C15H21NO4. The van der Waals surface area contributed by atoms with E-state index in [1.807, 2.05) is 0 Å². The molecule has 0 unspecified atom stereocenters. The summed E-state index contributed by atoms with van der Waals surface area (Å²) in [7, 11) is 1.53. The highest BCUT2D eigenvalue weighted by atomic mass is 16.5. The first-order valence-electron chi connectivity index (χ1n) is 6.67. The van der Waals surface area contributed by atoms with Gasteiger partial charge in [0.2, 0.25) is 0 Å². The van der Waals surface area contributed by atoms with Crippen molar-refractivity contribution in [1.82, 2.24) is 5.32 Å². The second-order valence-electron chi connectivity index (χ2n) is 4.41. The molecule has 20 heavy (non-hydrogen) atoms. The van der Waals surface area contributed by atoms with E-state index in [0.717, 1.165) is 12.8 Å². The summed E-state index contributed by atoms with van der Waals surface area (Å²) in [5.41, 5.74) is 0.437. The van der Waals surface area contributed by atoms with Gasteiger partial charge in [0.05, 0.1) is 12.7 Å². The molecule has 0 spiro atoms. The maximum atomic E-state index is 11.6. The van der Waals surface area contributed by atoms with E-state index in [9.17, 15) is 9.59 Å². The number of ketones is 1. The normalized spacial score (nSPS) is 9.95. The minimum absolute atomic E-state index is 0.114. The standard InChI is InChI=1S/C15H21NO4/c1-4-5-8-16-15(18)10-20-14-9-12(19-3)6-7-13(14)11(2)17/h6-7,9H,4-5,8,10H2,1-3H3,(H,16,18). The summed E-state index contributed by atoms with van der Waals surface area (Å²) in [6, 6.07) is 4.92. The van der Waals surface area contributed by atoms with Crippen LogP contribution in [0.25, 0.3) is 0 Å². The van der Waals surface area contributed by atoms with E-state index in [0.29, 0.717) is 23.6 Å². The Hall–Kier alpha value is -2.04. The van der Waals surface area contributed by atoms with Crippen LogP contribution >= 0.6 is 0 Å². The number of carbonyl (C=O) groups excluding carboxylic acids is 2. The van der Waals surface area contributed by atoms with Crippen molar-refractivity contribution in [3.63, 3.8) is 0 Å². The number of rotatable bonds is 8. The SMILES string of the molecule is CCCCNC(=O)COc1cc(OC)ccc1C(C)=O. The summed E-state index contributed by atoms with van der Waals surface area (Å²) in [5.74, 6) is 0.628. The monoisotopic (exact) mass is 279 g/mol. The van der Waals surface area contributed by atoms with Crippen LogP contribution in [0.3, 0.4) is 0 Å². The smallest absolute Gasteiger partial charge is 0.257 e. The second-order valence-corrected chi connectivity index (χ2v) is 4.41. The molecule has 0 aliphatic carbocycles. The van der Waals surface area contributed by atoms with Crippen molar-refractivity contribution in [2.75, 3.05) is 20.3 Å². The zero-order valence-electron chi connectivity index (χ0n) is 12.2. The summed E-state index contributed by atoms with van der Waals surface area (Å²) < 4.78 is 10.5. The van der Waals surface area contributed by atoms with Gasteiger partial charge in [0.25, 0.3) is 5.91 Å². The van der Waals surface area contributed by atoms with E-state index < -0.39 is 0 Å². The van der Waals surface area contributed by atoms with Crippen LogP contribution < -0.4 is 14.8 Å². The fourth-order valence-corrected chi connectivity index (χ4v) is 1.64. The number of ether oxygens (including phenoxy) is 2. The maximum Gasteiger partial charge on any atom is 0.257 e. The Morgan fingerprint density at radius 1 is 1.30 bits per heavy atom. The first-order valence-corrected chi connectivity index (χ1v) is 6.67. The summed E-state index contributed by atoms with van der Waals surface area (Å²) in [6.07, 6.45) is 1.95. The molecule has 0 bridgehead atoms. The van der Waals surface area contributed by atoms with Gasteiger partial charge in [-0.2, -0.15) is 0 Å².